The van der Waals surface area contributed by atoms with Crippen molar-refractivity contribution in [3.05, 3.63) is 75.4 Å². The summed E-state index contributed by atoms with van der Waals surface area (Å²) in [5.41, 5.74) is 6.24. The highest BCUT2D eigenvalue weighted by Gasteiger charge is 2.23. The smallest absolute Gasteiger partial charge is 0.225 e. The van der Waals surface area contributed by atoms with Gasteiger partial charge in [0, 0.05) is 23.0 Å². The second kappa shape index (κ2) is 8.37. The van der Waals surface area contributed by atoms with E-state index in [-0.39, 0.29) is 6.04 Å². The number of aryl methyl sites for hydroxylation is 3. The molecule has 2 aromatic heterocycles. The normalized spacial score (nSPS) is 11.4. The Bertz CT molecular complexity index is 1200. The third kappa shape index (κ3) is 3.94. The van der Waals surface area contributed by atoms with Crippen LogP contribution in [0, 0.1) is 20.8 Å². The average molecular weight is 436 g/mol. The second-order valence-corrected chi connectivity index (χ2v) is 9.58. The molecule has 0 N–H and O–H groups in total. The molecule has 0 atom stereocenters. The van der Waals surface area contributed by atoms with E-state index in [4.69, 9.17) is 16.6 Å². The Labute approximate surface area is 187 Å². The Kier molecular flexibility index (Phi) is 5.81. The number of rotatable bonds is 5. The minimum atomic E-state index is 0.257. The van der Waals surface area contributed by atoms with Gasteiger partial charge in [-0.2, -0.15) is 4.98 Å². The third-order valence-electron chi connectivity index (χ3n) is 5.57. The van der Waals surface area contributed by atoms with E-state index in [1.165, 1.54) is 32.7 Å². The van der Waals surface area contributed by atoms with Crippen molar-refractivity contribution in [1.29, 1.82) is 0 Å². The van der Waals surface area contributed by atoms with Crippen molar-refractivity contribution in [2.24, 2.45) is 0 Å². The number of nitrogens with zero attached hydrogens (tertiary/aromatic N) is 3. The van der Waals surface area contributed by atoms with E-state index < -0.39 is 0 Å². The Hall–Kier alpha value is -2.43. The van der Waals surface area contributed by atoms with E-state index in [0.29, 0.717) is 5.28 Å². The zero-order chi connectivity index (χ0) is 21.4. The molecule has 0 aliphatic heterocycles. The van der Waals surface area contributed by atoms with Crippen molar-refractivity contribution in [3.63, 3.8) is 0 Å². The average Bonchev–Trinajstić information content (AvgIpc) is 3.04. The number of hydrogen-bond acceptors (Lipinski definition) is 4. The van der Waals surface area contributed by atoms with Crippen LogP contribution >= 0.6 is 22.9 Å². The molecule has 0 aliphatic rings. The van der Waals surface area contributed by atoms with Crippen LogP contribution in [0.5, 0.6) is 0 Å². The predicted molar refractivity (Wildman–Crippen MR) is 130 cm³/mol. The van der Waals surface area contributed by atoms with Gasteiger partial charge in [-0.15, -0.1) is 11.3 Å². The molecular formula is C25H26ClN3S. The summed E-state index contributed by atoms with van der Waals surface area (Å²) in [7, 11) is 0. The van der Waals surface area contributed by atoms with Gasteiger partial charge in [-0.1, -0.05) is 48.5 Å². The molecule has 0 radical (unpaired) electrons. The highest BCUT2D eigenvalue weighted by molar-refractivity contribution is 7.19. The number of halogens is 1. The second-order valence-electron chi connectivity index (χ2n) is 8.04. The third-order valence-corrected chi connectivity index (χ3v) is 6.74. The Balaban J connectivity index is 1.95. The molecule has 0 bridgehead atoms. The molecule has 3 nitrogen and oxygen atoms in total. The maximum absolute atomic E-state index is 6.39. The van der Waals surface area contributed by atoms with Gasteiger partial charge < -0.3 is 4.90 Å². The predicted octanol–water partition coefficient (Wildman–Crippen LogP) is 7.35. The summed E-state index contributed by atoms with van der Waals surface area (Å²) < 4.78 is 0. The summed E-state index contributed by atoms with van der Waals surface area (Å²) >= 11 is 8.07. The van der Waals surface area contributed by atoms with Gasteiger partial charge in [0.25, 0.3) is 0 Å². The molecular weight excluding hydrogens is 410 g/mol. The molecule has 0 saturated carbocycles. The molecule has 0 unspecified atom stereocenters. The monoisotopic (exact) mass is 435 g/mol. The first-order chi connectivity index (χ1) is 14.3. The van der Waals surface area contributed by atoms with Crippen molar-refractivity contribution < 1.29 is 0 Å². The first-order valence-electron chi connectivity index (χ1n) is 10.2. The number of aromatic nitrogens is 2. The molecule has 0 amide bonds. The van der Waals surface area contributed by atoms with E-state index >= 15 is 0 Å². The summed E-state index contributed by atoms with van der Waals surface area (Å²) in [6, 6.07) is 17.4. The molecule has 2 heterocycles. The molecule has 154 valence electrons. The lowest BCUT2D eigenvalue weighted by Gasteiger charge is -2.29. The summed E-state index contributed by atoms with van der Waals surface area (Å²) in [6.45, 7) is 11.6. The molecule has 0 fully saturated rings. The fourth-order valence-corrected chi connectivity index (χ4v) is 5.06. The highest BCUT2D eigenvalue weighted by atomic mass is 35.5. The largest absolute Gasteiger partial charge is 0.349 e. The van der Waals surface area contributed by atoms with E-state index in [0.717, 1.165) is 22.6 Å². The lowest BCUT2D eigenvalue weighted by Crippen LogP contribution is -2.31. The Morgan fingerprint density at radius 2 is 1.70 bits per heavy atom. The Morgan fingerprint density at radius 1 is 0.967 bits per heavy atom. The van der Waals surface area contributed by atoms with Crippen LogP contribution in [0.25, 0.3) is 21.3 Å². The van der Waals surface area contributed by atoms with E-state index in [1.54, 1.807) is 11.3 Å². The van der Waals surface area contributed by atoms with Crippen LogP contribution in [0.2, 0.25) is 5.28 Å². The fourth-order valence-electron chi connectivity index (χ4n) is 3.80. The zero-order valence-corrected chi connectivity index (χ0v) is 19.6. The SMILES string of the molecule is Cc1ccc(-c2c(C)sc3nc(Cl)nc(N(Cc4ccccc4)C(C)C)c23)cc1C. The lowest BCUT2D eigenvalue weighted by molar-refractivity contribution is 0.675. The first kappa shape index (κ1) is 20.8. The maximum Gasteiger partial charge on any atom is 0.225 e. The van der Waals surface area contributed by atoms with Crippen LogP contribution in [0.3, 0.4) is 0 Å². The topological polar surface area (TPSA) is 29.0 Å². The molecule has 0 saturated heterocycles. The van der Waals surface area contributed by atoms with Gasteiger partial charge in [-0.25, -0.2) is 4.98 Å². The van der Waals surface area contributed by atoms with Gasteiger partial charge in [-0.3, -0.25) is 0 Å². The zero-order valence-electron chi connectivity index (χ0n) is 18.0. The number of benzene rings is 2. The van der Waals surface area contributed by atoms with Crippen LogP contribution < -0.4 is 4.90 Å². The molecule has 0 spiro atoms. The minimum Gasteiger partial charge on any atom is -0.349 e. The summed E-state index contributed by atoms with van der Waals surface area (Å²) in [6.07, 6.45) is 0. The van der Waals surface area contributed by atoms with Crippen molar-refractivity contribution in [2.45, 2.75) is 47.2 Å². The van der Waals surface area contributed by atoms with Gasteiger partial charge >= 0.3 is 0 Å². The molecule has 4 rings (SSSR count). The lowest BCUT2D eigenvalue weighted by atomic mass is 9.98. The number of thiophene rings is 1. The van der Waals surface area contributed by atoms with Crippen molar-refractivity contribution in [2.75, 3.05) is 4.90 Å². The summed E-state index contributed by atoms with van der Waals surface area (Å²) in [4.78, 5) is 13.8. The van der Waals surface area contributed by atoms with Crippen molar-refractivity contribution in [1.82, 2.24) is 9.97 Å². The molecule has 2 aromatic carbocycles. The van der Waals surface area contributed by atoms with E-state index in [2.05, 4.69) is 87.0 Å². The number of anilines is 1. The van der Waals surface area contributed by atoms with Gasteiger partial charge in [0.2, 0.25) is 5.28 Å². The van der Waals surface area contributed by atoms with Crippen LogP contribution in [0.15, 0.2) is 48.5 Å². The fraction of sp³-hybridized carbons (Fsp3) is 0.280. The van der Waals surface area contributed by atoms with Crippen molar-refractivity contribution in [3.8, 4) is 11.1 Å². The highest BCUT2D eigenvalue weighted by Crippen LogP contribution is 2.43. The van der Waals surface area contributed by atoms with Crippen molar-refractivity contribution >= 4 is 39.0 Å². The van der Waals surface area contributed by atoms with Gasteiger partial charge in [0.05, 0.1) is 5.39 Å². The first-order valence-corrected chi connectivity index (χ1v) is 11.4. The number of fused-ring (bicyclic) bond motifs is 1. The van der Waals surface area contributed by atoms with Crippen LogP contribution in [-0.4, -0.2) is 16.0 Å². The van der Waals surface area contributed by atoms with Gasteiger partial charge in [-0.05, 0) is 68.5 Å². The number of hydrogen-bond donors (Lipinski definition) is 0. The quantitative estimate of drug-likeness (QED) is 0.307. The van der Waals surface area contributed by atoms with Gasteiger partial charge in [0.1, 0.15) is 10.6 Å². The van der Waals surface area contributed by atoms with E-state index in [1.807, 2.05) is 6.07 Å². The van der Waals surface area contributed by atoms with Crippen LogP contribution in [0.4, 0.5) is 5.82 Å². The van der Waals surface area contributed by atoms with Gasteiger partial charge in [0.15, 0.2) is 0 Å². The maximum atomic E-state index is 6.39. The Morgan fingerprint density at radius 3 is 2.37 bits per heavy atom. The molecule has 4 aromatic rings. The summed E-state index contributed by atoms with van der Waals surface area (Å²) in [5.74, 6) is 0.904. The van der Waals surface area contributed by atoms with E-state index in [9.17, 15) is 0 Å². The van der Waals surface area contributed by atoms with Crippen LogP contribution in [-0.2, 0) is 6.54 Å². The van der Waals surface area contributed by atoms with Crippen LogP contribution in [0.1, 0.15) is 35.4 Å². The molecule has 5 heteroatoms. The minimum absolute atomic E-state index is 0.257. The molecule has 30 heavy (non-hydrogen) atoms. The summed E-state index contributed by atoms with van der Waals surface area (Å²) in [5, 5.41) is 1.39. The molecule has 0 aliphatic carbocycles. The standard InChI is InChI=1S/C25H26ClN3S/c1-15(2)29(14-19-9-7-6-8-10-19)23-22-21(20-12-11-16(3)17(4)13-20)18(5)30-24(22)28-25(26)27-23/h6-13,15H,14H2,1-5H3.